The van der Waals surface area contributed by atoms with Crippen LogP contribution in [0.5, 0.6) is 0 Å². The number of rotatable bonds is 7. The van der Waals surface area contributed by atoms with Crippen LogP contribution in [0.25, 0.3) is 0 Å². The first-order chi connectivity index (χ1) is 7.66. The number of hydrogen-bond donors (Lipinski definition) is 2. The second-order valence-electron chi connectivity index (χ2n) is 3.84. The van der Waals surface area contributed by atoms with E-state index >= 15 is 0 Å². The van der Waals surface area contributed by atoms with Crippen molar-refractivity contribution in [3.63, 3.8) is 0 Å². The standard InChI is InChI=1S/C12H19NO3/c1-2-3-4-5-6-7-8-9(14)10-11(16-10)12(13)15/h2-3,5-6,9-11,14H,4,7-8H2,1H3,(H2,13,15)/b3-2+,6-5+. The number of hydrogen-bond acceptors (Lipinski definition) is 3. The van der Waals surface area contributed by atoms with Gasteiger partial charge >= 0.3 is 0 Å². The van der Waals surface area contributed by atoms with Crippen molar-refractivity contribution in [3.8, 4) is 0 Å². The molecule has 3 N–H and O–H groups in total. The predicted molar refractivity (Wildman–Crippen MR) is 61.7 cm³/mol. The average molecular weight is 225 g/mol. The minimum absolute atomic E-state index is 0.388. The number of ether oxygens (including phenoxy) is 1. The van der Waals surface area contributed by atoms with E-state index in [4.69, 9.17) is 10.5 Å². The topological polar surface area (TPSA) is 75.8 Å². The highest BCUT2D eigenvalue weighted by atomic mass is 16.6. The molecule has 1 fully saturated rings. The van der Waals surface area contributed by atoms with Crippen LogP contribution < -0.4 is 5.73 Å². The number of amides is 1. The molecule has 90 valence electrons. The molecule has 0 aromatic rings. The first-order valence-corrected chi connectivity index (χ1v) is 5.55. The van der Waals surface area contributed by atoms with Crippen LogP contribution in [0.15, 0.2) is 24.3 Å². The Balaban J connectivity index is 2.10. The smallest absolute Gasteiger partial charge is 0.249 e. The van der Waals surface area contributed by atoms with Crippen LogP contribution in [-0.4, -0.2) is 29.3 Å². The van der Waals surface area contributed by atoms with Crippen molar-refractivity contribution >= 4 is 5.91 Å². The van der Waals surface area contributed by atoms with Gasteiger partial charge in [0.15, 0.2) is 6.10 Å². The van der Waals surface area contributed by atoms with E-state index in [1.165, 1.54) is 0 Å². The Morgan fingerprint density at radius 3 is 2.81 bits per heavy atom. The monoisotopic (exact) mass is 225 g/mol. The van der Waals surface area contributed by atoms with Crippen LogP contribution in [0, 0.1) is 0 Å². The maximum Gasteiger partial charge on any atom is 0.249 e. The number of carbonyl (C=O) groups excluding carboxylic acids is 1. The fourth-order valence-corrected chi connectivity index (χ4v) is 1.51. The van der Waals surface area contributed by atoms with Crippen LogP contribution in [0.4, 0.5) is 0 Å². The van der Waals surface area contributed by atoms with Crippen LogP contribution in [0.2, 0.25) is 0 Å². The third kappa shape index (κ3) is 4.16. The quantitative estimate of drug-likeness (QED) is 0.499. The van der Waals surface area contributed by atoms with Crippen molar-refractivity contribution < 1.29 is 14.6 Å². The molecule has 4 heteroatoms. The number of aliphatic hydroxyl groups is 1. The zero-order valence-electron chi connectivity index (χ0n) is 9.50. The van der Waals surface area contributed by atoms with Crippen LogP contribution in [0.1, 0.15) is 26.2 Å². The van der Waals surface area contributed by atoms with Crippen LogP contribution >= 0.6 is 0 Å². The molecule has 16 heavy (non-hydrogen) atoms. The first kappa shape index (κ1) is 12.9. The molecule has 0 saturated carbocycles. The van der Waals surface area contributed by atoms with Crippen molar-refractivity contribution in [3.05, 3.63) is 24.3 Å². The largest absolute Gasteiger partial charge is 0.390 e. The number of allylic oxidation sites excluding steroid dienone is 4. The summed E-state index contributed by atoms with van der Waals surface area (Å²) in [7, 11) is 0. The third-order valence-electron chi connectivity index (χ3n) is 2.49. The van der Waals surface area contributed by atoms with Gasteiger partial charge in [0.1, 0.15) is 6.10 Å². The summed E-state index contributed by atoms with van der Waals surface area (Å²) in [5, 5.41) is 9.63. The number of carbonyl (C=O) groups is 1. The van der Waals surface area contributed by atoms with Gasteiger partial charge in [0.2, 0.25) is 5.91 Å². The molecule has 3 atom stereocenters. The van der Waals surface area contributed by atoms with Crippen molar-refractivity contribution in [2.24, 2.45) is 5.73 Å². The number of aliphatic hydroxyl groups excluding tert-OH is 1. The Hall–Kier alpha value is -1.13. The fourth-order valence-electron chi connectivity index (χ4n) is 1.51. The molecular weight excluding hydrogens is 206 g/mol. The van der Waals surface area contributed by atoms with Crippen molar-refractivity contribution in [2.45, 2.75) is 44.5 Å². The molecule has 0 radical (unpaired) electrons. The molecule has 1 amide bonds. The molecule has 0 aromatic carbocycles. The Labute approximate surface area is 95.8 Å². The van der Waals surface area contributed by atoms with Gasteiger partial charge in [-0.05, 0) is 26.2 Å². The number of nitrogens with two attached hydrogens (primary N) is 1. The van der Waals surface area contributed by atoms with Gasteiger partial charge in [0, 0.05) is 0 Å². The van der Waals surface area contributed by atoms with Gasteiger partial charge in [0.05, 0.1) is 6.10 Å². The molecule has 0 aromatic heterocycles. The van der Waals surface area contributed by atoms with E-state index in [0.29, 0.717) is 6.42 Å². The third-order valence-corrected chi connectivity index (χ3v) is 2.49. The Bertz CT molecular complexity index is 286. The van der Waals surface area contributed by atoms with Crippen molar-refractivity contribution in [2.75, 3.05) is 0 Å². The van der Waals surface area contributed by atoms with Crippen molar-refractivity contribution in [1.29, 1.82) is 0 Å². The molecule has 3 unspecified atom stereocenters. The maximum absolute atomic E-state index is 10.7. The molecule has 1 heterocycles. The zero-order valence-corrected chi connectivity index (χ0v) is 9.50. The van der Waals surface area contributed by atoms with Gasteiger partial charge in [-0.3, -0.25) is 4.79 Å². The lowest BCUT2D eigenvalue weighted by Crippen LogP contribution is -2.25. The van der Waals surface area contributed by atoms with E-state index in [2.05, 4.69) is 6.08 Å². The minimum atomic E-state index is -0.594. The lowest BCUT2D eigenvalue weighted by atomic mass is 10.1. The first-order valence-electron chi connectivity index (χ1n) is 5.55. The average Bonchev–Trinajstić information content (AvgIpc) is 3.02. The fraction of sp³-hybridized carbons (Fsp3) is 0.583. The summed E-state index contributed by atoms with van der Waals surface area (Å²) in [6.45, 7) is 1.98. The Morgan fingerprint density at radius 2 is 2.25 bits per heavy atom. The highest BCUT2D eigenvalue weighted by molar-refractivity contribution is 5.81. The van der Waals surface area contributed by atoms with Gasteiger partial charge in [-0.1, -0.05) is 24.3 Å². The Kier molecular flexibility index (Phi) is 5.22. The molecule has 1 aliphatic heterocycles. The van der Waals surface area contributed by atoms with E-state index in [0.717, 1.165) is 12.8 Å². The summed E-state index contributed by atoms with van der Waals surface area (Å²) in [6.07, 6.45) is 8.85. The summed E-state index contributed by atoms with van der Waals surface area (Å²) in [6, 6.07) is 0. The molecule has 0 aliphatic carbocycles. The number of primary amides is 1. The second-order valence-corrected chi connectivity index (χ2v) is 3.84. The molecule has 1 saturated heterocycles. The normalized spacial score (nSPS) is 26.4. The van der Waals surface area contributed by atoms with Crippen molar-refractivity contribution in [1.82, 2.24) is 0 Å². The SMILES string of the molecule is C/C=C/C/C=C/CCC(O)C1OC1C(N)=O. The summed E-state index contributed by atoms with van der Waals surface area (Å²) >= 11 is 0. The van der Waals surface area contributed by atoms with Gasteiger partial charge in [-0.15, -0.1) is 0 Å². The summed E-state index contributed by atoms with van der Waals surface area (Å²) in [5.74, 6) is -0.493. The van der Waals surface area contributed by atoms with Gasteiger partial charge < -0.3 is 15.6 Å². The predicted octanol–water partition coefficient (Wildman–Crippen LogP) is 0.903. The zero-order chi connectivity index (χ0) is 12.0. The minimum Gasteiger partial charge on any atom is -0.390 e. The Morgan fingerprint density at radius 1 is 1.50 bits per heavy atom. The van der Waals surface area contributed by atoms with Gasteiger partial charge in [-0.25, -0.2) is 0 Å². The van der Waals surface area contributed by atoms with E-state index in [1.807, 2.05) is 25.2 Å². The summed E-state index contributed by atoms with van der Waals surface area (Å²) in [5.41, 5.74) is 5.04. The van der Waals surface area contributed by atoms with E-state index in [9.17, 15) is 9.90 Å². The lowest BCUT2D eigenvalue weighted by Gasteiger charge is -2.03. The van der Waals surface area contributed by atoms with E-state index in [-0.39, 0.29) is 6.10 Å². The van der Waals surface area contributed by atoms with Crippen LogP contribution in [-0.2, 0) is 9.53 Å². The number of epoxide rings is 1. The van der Waals surface area contributed by atoms with Gasteiger partial charge in [-0.2, -0.15) is 0 Å². The molecule has 1 aliphatic rings. The highest BCUT2D eigenvalue weighted by Gasteiger charge is 2.47. The highest BCUT2D eigenvalue weighted by Crippen LogP contribution is 2.27. The summed E-state index contributed by atoms with van der Waals surface area (Å²) in [4.78, 5) is 10.7. The molecule has 1 rings (SSSR count). The molecule has 0 bridgehead atoms. The van der Waals surface area contributed by atoms with E-state index in [1.54, 1.807) is 0 Å². The molecule has 0 spiro atoms. The maximum atomic E-state index is 10.7. The summed E-state index contributed by atoms with van der Waals surface area (Å²) < 4.78 is 4.98. The molecular formula is C12H19NO3. The second kappa shape index (κ2) is 6.45. The van der Waals surface area contributed by atoms with Crippen LogP contribution in [0.3, 0.4) is 0 Å². The van der Waals surface area contributed by atoms with E-state index < -0.39 is 18.1 Å². The molecule has 4 nitrogen and oxygen atoms in total. The lowest BCUT2D eigenvalue weighted by molar-refractivity contribution is -0.119. The van der Waals surface area contributed by atoms with Gasteiger partial charge in [0.25, 0.3) is 0 Å².